The van der Waals surface area contributed by atoms with Crippen LogP contribution in [0.3, 0.4) is 0 Å². The number of rotatable bonds is 3. The highest BCUT2D eigenvalue weighted by Gasteiger charge is 2.57. The highest BCUT2D eigenvalue weighted by atomic mass is 35.5. The molecule has 2 N–H and O–H groups in total. The minimum absolute atomic E-state index is 0.0445. The van der Waals surface area contributed by atoms with E-state index >= 15 is 0 Å². The Hall–Kier alpha value is 0.210. The van der Waals surface area contributed by atoms with Crippen LogP contribution >= 0.6 is 11.6 Å². The SMILES string of the molecule is CC(C)(N)COC12CC3CC(CC(Cl)(C3)C1)C2. The van der Waals surface area contributed by atoms with Crippen LogP contribution in [-0.4, -0.2) is 22.6 Å². The maximum atomic E-state index is 6.76. The summed E-state index contributed by atoms with van der Waals surface area (Å²) in [5.41, 5.74) is 5.86. The van der Waals surface area contributed by atoms with Gasteiger partial charge < -0.3 is 10.5 Å². The lowest BCUT2D eigenvalue weighted by Crippen LogP contribution is -2.59. The van der Waals surface area contributed by atoms with E-state index in [0.717, 1.165) is 18.3 Å². The lowest BCUT2D eigenvalue weighted by Gasteiger charge is -2.59. The van der Waals surface area contributed by atoms with Gasteiger partial charge in [0.25, 0.3) is 0 Å². The molecular formula is C14H24ClNO. The molecule has 2 unspecified atom stereocenters. The van der Waals surface area contributed by atoms with E-state index in [0.29, 0.717) is 6.61 Å². The fourth-order valence-corrected chi connectivity index (χ4v) is 5.26. The van der Waals surface area contributed by atoms with E-state index < -0.39 is 0 Å². The largest absolute Gasteiger partial charge is 0.373 e. The average molecular weight is 258 g/mol. The normalized spacial score (nSPS) is 48.7. The number of nitrogens with two attached hydrogens (primary N) is 1. The van der Waals surface area contributed by atoms with Gasteiger partial charge in [0.1, 0.15) is 0 Å². The van der Waals surface area contributed by atoms with E-state index in [2.05, 4.69) is 0 Å². The van der Waals surface area contributed by atoms with Gasteiger partial charge in [0, 0.05) is 10.4 Å². The molecule has 4 fully saturated rings. The first-order valence-electron chi connectivity index (χ1n) is 6.89. The molecule has 0 heterocycles. The van der Waals surface area contributed by atoms with Gasteiger partial charge in [-0.2, -0.15) is 0 Å². The smallest absolute Gasteiger partial charge is 0.0705 e. The Morgan fingerprint density at radius 1 is 1.24 bits per heavy atom. The molecular weight excluding hydrogens is 234 g/mol. The molecule has 4 aliphatic carbocycles. The highest BCUT2D eigenvalue weighted by molar-refractivity contribution is 6.24. The Morgan fingerprint density at radius 3 is 2.29 bits per heavy atom. The number of alkyl halides is 1. The van der Waals surface area contributed by atoms with Gasteiger partial charge in [0.2, 0.25) is 0 Å². The monoisotopic (exact) mass is 257 g/mol. The Morgan fingerprint density at radius 2 is 1.82 bits per heavy atom. The van der Waals surface area contributed by atoms with Crippen molar-refractivity contribution >= 4 is 11.6 Å². The average Bonchev–Trinajstić information content (AvgIpc) is 2.09. The van der Waals surface area contributed by atoms with Crippen molar-refractivity contribution < 1.29 is 4.74 Å². The van der Waals surface area contributed by atoms with Gasteiger partial charge in [-0.25, -0.2) is 0 Å². The van der Waals surface area contributed by atoms with Crippen LogP contribution in [0.2, 0.25) is 0 Å². The second-order valence-corrected chi connectivity index (χ2v) is 8.37. The molecule has 2 nitrogen and oxygen atoms in total. The van der Waals surface area contributed by atoms with E-state index in [1.165, 1.54) is 32.1 Å². The molecule has 4 aliphatic rings. The molecule has 3 heteroatoms. The van der Waals surface area contributed by atoms with Crippen LogP contribution in [0.15, 0.2) is 0 Å². The maximum Gasteiger partial charge on any atom is 0.0705 e. The van der Waals surface area contributed by atoms with Crippen LogP contribution in [0.1, 0.15) is 52.4 Å². The van der Waals surface area contributed by atoms with Gasteiger partial charge >= 0.3 is 0 Å². The summed E-state index contributed by atoms with van der Waals surface area (Å²) >= 11 is 6.76. The van der Waals surface area contributed by atoms with Crippen molar-refractivity contribution in [3.8, 4) is 0 Å². The summed E-state index contributed by atoms with van der Waals surface area (Å²) in [7, 11) is 0. The fourth-order valence-electron chi connectivity index (χ4n) is 4.58. The summed E-state index contributed by atoms with van der Waals surface area (Å²) in [5, 5.41) is 0. The van der Waals surface area contributed by atoms with Crippen LogP contribution in [0.4, 0.5) is 0 Å². The van der Waals surface area contributed by atoms with Gasteiger partial charge in [0.15, 0.2) is 0 Å². The molecule has 0 aromatic carbocycles. The van der Waals surface area contributed by atoms with Crippen molar-refractivity contribution in [1.29, 1.82) is 0 Å². The number of hydrogen-bond donors (Lipinski definition) is 1. The minimum Gasteiger partial charge on any atom is -0.373 e. The topological polar surface area (TPSA) is 35.2 Å². The third-order valence-corrected chi connectivity index (χ3v) is 5.13. The first-order chi connectivity index (χ1) is 7.78. The van der Waals surface area contributed by atoms with E-state index in [9.17, 15) is 0 Å². The van der Waals surface area contributed by atoms with E-state index in [1.54, 1.807) is 0 Å². The van der Waals surface area contributed by atoms with Crippen molar-refractivity contribution in [2.24, 2.45) is 17.6 Å². The van der Waals surface area contributed by atoms with Crippen LogP contribution in [0.5, 0.6) is 0 Å². The molecule has 2 atom stereocenters. The molecule has 0 aromatic heterocycles. The zero-order valence-corrected chi connectivity index (χ0v) is 11.7. The van der Waals surface area contributed by atoms with Crippen LogP contribution in [-0.2, 0) is 4.74 Å². The minimum atomic E-state index is -0.233. The molecule has 0 spiro atoms. The summed E-state index contributed by atoms with van der Waals surface area (Å²) < 4.78 is 6.26. The summed E-state index contributed by atoms with van der Waals surface area (Å²) in [6.07, 6.45) is 7.28. The maximum absolute atomic E-state index is 6.76. The zero-order chi connectivity index (χ0) is 12.3. The lowest BCUT2D eigenvalue weighted by atomic mass is 9.54. The van der Waals surface area contributed by atoms with Crippen LogP contribution < -0.4 is 5.73 Å². The Bertz CT molecular complexity index is 309. The van der Waals surface area contributed by atoms with Crippen molar-refractivity contribution in [3.05, 3.63) is 0 Å². The van der Waals surface area contributed by atoms with Gasteiger partial charge in [-0.1, -0.05) is 0 Å². The summed E-state index contributed by atoms with van der Waals surface area (Å²) in [4.78, 5) is 0.0445. The van der Waals surface area contributed by atoms with E-state index in [-0.39, 0.29) is 16.0 Å². The molecule has 4 saturated carbocycles. The van der Waals surface area contributed by atoms with Crippen molar-refractivity contribution in [3.63, 3.8) is 0 Å². The molecule has 0 aromatic rings. The molecule has 0 amide bonds. The summed E-state index contributed by atoms with van der Waals surface area (Å²) in [5.74, 6) is 1.60. The molecule has 4 rings (SSSR count). The highest BCUT2D eigenvalue weighted by Crippen LogP contribution is 2.61. The Kier molecular flexibility index (Phi) is 2.61. The second-order valence-electron chi connectivity index (χ2n) is 7.57. The molecule has 17 heavy (non-hydrogen) atoms. The zero-order valence-electron chi connectivity index (χ0n) is 11.0. The quantitative estimate of drug-likeness (QED) is 0.789. The van der Waals surface area contributed by atoms with E-state index in [1.807, 2.05) is 13.8 Å². The molecule has 0 radical (unpaired) electrons. The second kappa shape index (κ2) is 3.61. The van der Waals surface area contributed by atoms with Crippen molar-refractivity contribution in [1.82, 2.24) is 0 Å². The third kappa shape index (κ3) is 2.36. The first-order valence-corrected chi connectivity index (χ1v) is 7.27. The van der Waals surface area contributed by atoms with Gasteiger partial charge in [-0.15, -0.1) is 11.6 Å². The number of hydrogen-bond acceptors (Lipinski definition) is 2. The lowest BCUT2D eigenvalue weighted by molar-refractivity contribution is -0.162. The van der Waals surface area contributed by atoms with E-state index in [4.69, 9.17) is 22.1 Å². The third-order valence-electron chi connectivity index (χ3n) is 4.69. The van der Waals surface area contributed by atoms with Crippen molar-refractivity contribution in [2.45, 2.75) is 68.4 Å². The standard InChI is InChI=1S/C14H24ClNO/c1-12(2,16)9-17-14-6-10-3-11(7-14)5-13(15,4-10)8-14/h10-11H,3-9,16H2,1-2H3. The Labute approximate surface area is 109 Å². The van der Waals surface area contributed by atoms with Gasteiger partial charge in [-0.3, -0.25) is 0 Å². The van der Waals surface area contributed by atoms with Gasteiger partial charge in [0.05, 0.1) is 12.2 Å². The number of ether oxygens (including phenoxy) is 1. The summed E-state index contributed by atoms with van der Waals surface area (Å²) in [6.45, 7) is 4.72. The fraction of sp³-hybridized carbons (Fsp3) is 1.00. The van der Waals surface area contributed by atoms with Crippen molar-refractivity contribution in [2.75, 3.05) is 6.61 Å². The first kappa shape index (κ1) is 12.3. The van der Waals surface area contributed by atoms with Crippen LogP contribution in [0, 0.1) is 11.8 Å². The van der Waals surface area contributed by atoms with Crippen LogP contribution in [0.25, 0.3) is 0 Å². The molecule has 0 saturated heterocycles. The predicted octanol–water partition coefficient (Wildman–Crippen LogP) is 3.07. The molecule has 0 aliphatic heterocycles. The molecule has 4 bridgehead atoms. The predicted molar refractivity (Wildman–Crippen MR) is 70.2 cm³/mol. The molecule has 98 valence electrons. The number of halogens is 1. The van der Waals surface area contributed by atoms with Gasteiger partial charge in [-0.05, 0) is 64.2 Å². The Balaban J connectivity index is 1.75. The summed E-state index contributed by atoms with van der Waals surface area (Å²) in [6, 6.07) is 0.